The average molecular weight is 491 g/mol. The first kappa shape index (κ1) is 26.3. The van der Waals surface area contributed by atoms with Gasteiger partial charge in [0, 0.05) is 30.6 Å². The van der Waals surface area contributed by atoms with Gasteiger partial charge in [0.15, 0.2) is 0 Å². The molecule has 0 spiro atoms. The molecule has 1 aliphatic rings. The molecule has 0 saturated carbocycles. The Hall–Kier alpha value is -2.96. The molecular formula is C19H20F3N3O7S. The minimum atomic E-state index is -4.59. The Kier molecular flexibility index (Phi) is 8.97. The summed E-state index contributed by atoms with van der Waals surface area (Å²) in [5, 5.41) is 3.59. The SMILES string of the molecule is CC(=O)OC[C@H]1O[C@H](Sc2cccc(C(F)(F)F)c2)[C@H](OC(C)=O)[C@@H](N=[N+]=[N-])[C@H]1OC(C)=O. The Morgan fingerprint density at radius 1 is 1.12 bits per heavy atom. The summed E-state index contributed by atoms with van der Waals surface area (Å²) in [4.78, 5) is 37.5. The quantitative estimate of drug-likeness (QED) is 0.185. The Bertz CT molecular complexity index is 939. The molecule has 1 aromatic carbocycles. The van der Waals surface area contributed by atoms with Crippen LogP contribution in [0, 0.1) is 0 Å². The molecule has 0 aromatic heterocycles. The predicted molar refractivity (Wildman–Crippen MR) is 107 cm³/mol. The van der Waals surface area contributed by atoms with Crippen LogP contribution in [0.2, 0.25) is 0 Å². The van der Waals surface area contributed by atoms with E-state index in [4.69, 9.17) is 24.5 Å². The third-order valence-electron chi connectivity index (χ3n) is 4.27. The Balaban J connectivity index is 2.47. The zero-order valence-electron chi connectivity index (χ0n) is 17.6. The van der Waals surface area contributed by atoms with E-state index in [0.717, 1.165) is 44.7 Å². The van der Waals surface area contributed by atoms with Gasteiger partial charge in [-0.25, -0.2) is 0 Å². The molecule has 1 fully saturated rings. The molecule has 0 amide bonds. The number of ether oxygens (including phenoxy) is 4. The molecule has 0 N–H and O–H groups in total. The van der Waals surface area contributed by atoms with E-state index in [1.54, 1.807) is 0 Å². The Morgan fingerprint density at radius 2 is 1.76 bits per heavy atom. The largest absolute Gasteiger partial charge is 0.463 e. The third kappa shape index (κ3) is 7.55. The number of benzene rings is 1. The van der Waals surface area contributed by atoms with Gasteiger partial charge in [-0.15, -0.1) is 0 Å². The van der Waals surface area contributed by atoms with Crippen LogP contribution in [0.15, 0.2) is 34.3 Å². The number of thioether (sulfide) groups is 1. The molecule has 14 heteroatoms. The van der Waals surface area contributed by atoms with Crippen molar-refractivity contribution in [2.75, 3.05) is 6.61 Å². The van der Waals surface area contributed by atoms with E-state index in [1.807, 2.05) is 0 Å². The van der Waals surface area contributed by atoms with Gasteiger partial charge in [0.25, 0.3) is 0 Å². The number of azide groups is 1. The normalized spacial score (nSPS) is 24.8. The smallest absolute Gasteiger partial charge is 0.416 e. The van der Waals surface area contributed by atoms with Crippen molar-refractivity contribution in [2.24, 2.45) is 5.11 Å². The highest BCUT2D eigenvalue weighted by Crippen LogP contribution is 2.39. The molecule has 1 heterocycles. The second-order valence-corrected chi connectivity index (χ2v) is 8.00. The van der Waals surface area contributed by atoms with E-state index in [2.05, 4.69) is 10.0 Å². The fourth-order valence-corrected chi connectivity index (χ4v) is 4.22. The van der Waals surface area contributed by atoms with Crippen LogP contribution >= 0.6 is 11.8 Å². The molecule has 2 rings (SSSR count). The fourth-order valence-electron chi connectivity index (χ4n) is 3.05. The summed E-state index contributed by atoms with van der Waals surface area (Å²) in [6, 6.07) is 3.02. The van der Waals surface area contributed by atoms with Crippen LogP contribution in [0.1, 0.15) is 26.3 Å². The summed E-state index contributed by atoms with van der Waals surface area (Å²) < 4.78 is 60.6. The maximum Gasteiger partial charge on any atom is 0.416 e. The number of carbonyl (C=O) groups excluding carboxylic acids is 3. The van der Waals surface area contributed by atoms with E-state index in [1.165, 1.54) is 12.1 Å². The van der Waals surface area contributed by atoms with Gasteiger partial charge in [0.05, 0.1) is 5.56 Å². The van der Waals surface area contributed by atoms with Gasteiger partial charge in [-0.05, 0) is 23.7 Å². The molecule has 1 aromatic rings. The van der Waals surface area contributed by atoms with Crippen molar-refractivity contribution in [1.82, 2.24) is 0 Å². The van der Waals surface area contributed by atoms with E-state index in [0.29, 0.717) is 0 Å². The summed E-state index contributed by atoms with van der Waals surface area (Å²) in [5.74, 6) is -2.25. The average Bonchev–Trinajstić information content (AvgIpc) is 2.70. The van der Waals surface area contributed by atoms with Gasteiger partial charge in [-0.1, -0.05) is 22.9 Å². The summed E-state index contributed by atoms with van der Waals surface area (Å²) in [6.07, 6.45) is -8.40. The van der Waals surface area contributed by atoms with E-state index in [-0.39, 0.29) is 4.90 Å². The summed E-state index contributed by atoms with van der Waals surface area (Å²) in [7, 11) is 0. The number of hydrogen-bond donors (Lipinski definition) is 0. The summed E-state index contributed by atoms with van der Waals surface area (Å²) >= 11 is 0.770. The highest BCUT2D eigenvalue weighted by molar-refractivity contribution is 7.99. The highest BCUT2D eigenvalue weighted by Gasteiger charge is 2.50. The number of halogens is 3. The Labute approximate surface area is 190 Å². The van der Waals surface area contributed by atoms with Crippen LogP contribution < -0.4 is 0 Å². The molecule has 180 valence electrons. The van der Waals surface area contributed by atoms with Gasteiger partial charge >= 0.3 is 24.1 Å². The molecule has 0 aliphatic carbocycles. The number of alkyl halides is 3. The van der Waals surface area contributed by atoms with Crippen LogP contribution in [0.3, 0.4) is 0 Å². The molecule has 0 unspecified atom stereocenters. The standard InChI is InChI=1S/C19H20F3N3O7S/c1-9(26)29-8-14-16(30-10(2)27)15(24-25-23)17(31-11(3)28)18(32-14)33-13-6-4-5-12(7-13)19(20,21)22/h4-7,14-18H,8H2,1-3H3/t14-,15+,16+,17-,18-/m1/s1. The van der Waals surface area contributed by atoms with Crippen LogP contribution in [-0.2, 0) is 39.5 Å². The number of rotatable bonds is 7. The Morgan fingerprint density at radius 3 is 2.30 bits per heavy atom. The van der Waals surface area contributed by atoms with E-state index < -0.39 is 66.0 Å². The van der Waals surface area contributed by atoms with Crippen LogP contribution in [0.4, 0.5) is 13.2 Å². The molecule has 10 nitrogen and oxygen atoms in total. The van der Waals surface area contributed by atoms with E-state index >= 15 is 0 Å². The van der Waals surface area contributed by atoms with Gasteiger partial charge in [-0.2, -0.15) is 13.2 Å². The van der Waals surface area contributed by atoms with Crippen molar-refractivity contribution >= 4 is 29.7 Å². The van der Waals surface area contributed by atoms with Crippen molar-refractivity contribution in [2.45, 2.75) is 61.6 Å². The lowest BCUT2D eigenvalue weighted by atomic mass is 9.97. The molecule has 33 heavy (non-hydrogen) atoms. The maximum absolute atomic E-state index is 13.1. The van der Waals surface area contributed by atoms with Crippen molar-refractivity contribution in [3.05, 3.63) is 40.3 Å². The zero-order valence-corrected chi connectivity index (χ0v) is 18.5. The number of nitrogens with zero attached hydrogens (tertiary/aromatic N) is 3. The molecular weight excluding hydrogens is 471 g/mol. The van der Waals surface area contributed by atoms with Crippen molar-refractivity contribution < 1.29 is 46.5 Å². The lowest BCUT2D eigenvalue weighted by Gasteiger charge is -2.43. The topological polar surface area (TPSA) is 137 Å². The summed E-state index contributed by atoms with van der Waals surface area (Å²) in [6.45, 7) is 2.87. The van der Waals surface area contributed by atoms with Crippen molar-refractivity contribution in [3.8, 4) is 0 Å². The van der Waals surface area contributed by atoms with Gasteiger partial charge in [0.2, 0.25) is 0 Å². The molecule has 0 bridgehead atoms. The predicted octanol–water partition coefficient (Wildman–Crippen LogP) is 3.63. The fraction of sp³-hybridized carbons (Fsp3) is 0.526. The third-order valence-corrected chi connectivity index (χ3v) is 5.41. The number of esters is 3. The lowest BCUT2D eigenvalue weighted by Crippen LogP contribution is -2.59. The van der Waals surface area contributed by atoms with Crippen molar-refractivity contribution in [3.63, 3.8) is 0 Å². The number of hydrogen-bond acceptors (Lipinski definition) is 9. The van der Waals surface area contributed by atoms with Crippen LogP contribution in [-0.4, -0.2) is 54.3 Å². The number of carbonyl (C=O) groups is 3. The maximum atomic E-state index is 13.1. The van der Waals surface area contributed by atoms with E-state index in [9.17, 15) is 27.6 Å². The monoisotopic (exact) mass is 491 g/mol. The first-order chi connectivity index (χ1) is 15.4. The molecule has 1 saturated heterocycles. The van der Waals surface area contributed by atoms with Crippen molar-refractivity contribution in [1.29, 1.82) is 0 Å². The zero-order chi connectivity index (χ0) is 24.8. The first-order valence-corrected chi connectivity index (χ1v) is 10.3. The molecule has 5 atom stereocenters. The summed E-state index contributed by atoms with van der Waals surface area (Å²) in [5.41, 5.74) is 6.94. The second-order valence-electron chi connectivity index (χ2n) is 6.83. The van der Waals surface area contributed by atoms with Gasteiger partial charge < -0.3 is 18.9 Å². The van der Waals surface area contributed by atoms with Gasteiger partial charge in [0.1, 0.15) is 36.4 Å². The lowest BCUT2D eigenvalue weighted by molar-refractivity contribution is -0.201. The molecule has 1 aliphatic heterocycles. The minimum absolute atomic E-state index is 0.115. The first-order valence-electron chi connectivity index (χ1n) is 9.43. The molecule has 0 radical (unpaired) electrons. The van der Waals surface area contributed by atoms with Crippen LogP contribution in [0.5, 0.6) is 0 Å². The second kappa shape index (κ2) is 11.3. The van der Waals surface area contributed by atoms with Gasteiger partial charge in [-0.3, -0.25) is 14.4 Å². The minimum Gasteiger partial charge on any atom is -0.463 e. The van der Waals surface area contributed by atoms with Crippen LogP contribution in [0.25, 0.3) is 10.4 Å². The highest BCUT2D eigenvalue weighted by atomic mass is 32.2.